The molecular formula is C12H10O3. The molecule has 3 nitrogen and oxygen atoms in total. The summed E-state index contributed by atoms with van der Waals surface area (Å²) < 4.78 is 5.26. The third kappa shape index (κ3) is 1.76. The predicted molar refractivity (Wildman–Crippen MR) is 55.8 cm³/mol. The molecule has 0 aliphatic rings. The van der Waals surface area contributed by atoms with Gasteiger partial charge in [0.15, 0.2) is 0 Å². The van der Waals surface area contributed by atoms with Crippen molar-refractivity contribution >= 4 is 5.97 Å². The van der Waals surface area contributed by atoms with E-state index >= 15 is 0 Å². The maximum absolute atomic E-state index is 10.8. The highest BCUT2D eigenvalue weighted by atomic mass is 16.4. The van der Waals surface area contributed by atoms with Crippen LogP contribution in [0.3, 0.4) is 0 Å². The Hall–Kier alpha value is -2.03. The van der Waals surface area contributed by atoms with E-state index in [1.807, 2.05) is 30.3 Å². The van der Waals surface area contributed by atoms with Gasteiger partial charge < -0.3 is 9.52 Å². The molecule has 0 amide bonds. The molecule has 0 fully saturated rings. The number of carbonyl (C=O) groups is 1. The lowest BCUT2D eigenvalue weighted by Crippen LogP contribution is -1.94. The van der Waals surface area contributed by atoms with E-state index < -0.39 is 5.97 Å². The number of hydrogen-bond acceptors (Lipinski definition) is 2. The van der Waals surface area contributed by atoms with E-state index in [9.17, 15) is 4.79 Å². The molecule has 0 spiro atoms. The van der Waals surface area contributed by atoms with Crippen molar-refractivity contribution < 1.29 is 14.3 Å². The van der Waals surface area contributed by atoms with Gasteiger partial charge in [-0.25, -0.2) is 4.79 Å². The highest BCUT2D eigenvalue weighted by Gasteiger charge is 2.14. The van der Waals surface area contributed by atoms with Gasteiger partial charge in [-0.05, 0) is 13.0 Å². The summed E-state index contributed by atoms with van der Waals surface area (Å²) in [5, 5.41) is 8.83. The van der Waals surface area contributed by atoms with Crippen LogP contribution in [0.2, 0.25) is 0 Å². The van der Waals surface area contributed by atoms with Crippen LogP contribution >= 0.6 is 0 Å². The van der Waals surface area contributed by atoms with Crippen molar-refractivity contribution in [3.05, 3.63) is 47.7 Å². The second-order valence-corrected chi connectivity index (χ2v) is 3.29. The molecule has 0 saturated carbocycles. The molecule has 1 aromatic heterocycles. The lowest BCUT2D eigenvalue weighted by Gasteiger charge is -1.94. The highest BCUT2D eigenvalue weighted by molar-refractivity contribution is 5.87. The molecule has 2 rings (SSSR count). The quantitative estimate of drug-likeness (QED) is 0.814. The number of rotatable bonds is 2. The molecular weight excluding hydrogens is 192 g/mol. The molecule has 1 heterocycles. The molecule has 15 heavy (non-hydrogen) atoms. The second-order valence-electron chi connectivity index (χ2n) is 3.29. The topological polar surface area (TPSA) is 50.4 Å². The van der Waals surface area contributed by atoms with E-state index in [4.69, 9.17) is 9.52 Å². The first-order valence-corrected chi connectivity index (χ1v) is 4.57. The minimum atomic E-state index is -1.03. The third-order valence-electron chi connectivity index (χ3n) is 2.17. The monoisotopic (exact) mass is 202 g/mol. The minimum Gasteiger partial charge on any atom is -0.475 e. The average Bonchev–Trinajstić information content (AvgIpc) is 2.62. The van der Waals surface area contributed by atoms with E-state index in [2.05, 4.69) is 0 Å². The zero-order valence-corrected chi connectivity index (χ0v) is 8.23. The van der Waals surface area contributed by atoms with Crippen molar-refractivity contribution in [3.8, 4) is 11.3 Å². The number of carboxylic acid groups (broad SMARTS) is 1. The Balaban J connectivity index is 2.48. The smallest absolute Gasteiger partial charge is 0.372 e. The Morgan fingerprint density at radius 2 is 1.93 bits per heavy atom. The summed E-state index contributed by atoms with van der Waals surface area (Å²) in [5.74, 6) is -0.436. The number of benzene rings is 1. The summed E-state index contributed by atoms with van der Waals surface area (Å²) in [6.07, 6.45) is 0. The molecule has 3 heteroatoms. The molecule has 0 saturated heterocycles. The van der Waals surface area contributed by atoms with Crippen LogP contribution in [0.4, 0.5) is 0 Å². The normalized spacial score (nSPS) is 10.2. The van der Waals surface area contributed by atoms with Gasteiger partial charge in [-0.2, -0.15) is 0 Å². The van der Waals surface area contributed by atoms with E-state index in [-0.39, 0.29) is 5.76 Å². The summed E-state index contributed by atoms with van der Waals surface area (Å²) in [6, 6.07) is 11.2. The van der Waals surface area contributed by atoms with Crippen LogP contribution in [-0.2, 0) is 0 Å². The van der Waals surface area contributed by atoms with Crippen LogP contribution < -0.4 is 0 Å². The largest absolute Gasteiger partial charge is 0.475 e. The van der Waals surface area contributed by atoms with E-state index in [0.717, 1.165) is 5.56 Å². The summed E-state index contributed by atoms with van der Waals surface area (Å²) in [6.45, 7) is 1.72. The number of hydrogen-bond donors (Lipinski definition) is 1. The first-order valence-electron chi connectivity index (χ1n) is 4.57. The highest BCUT2D eigenvalue weighted by Crippen LogP contribution is 2.24. The van der Waals surface area contributed by atoms with E-state index in [1.165, 1.54) is 0 Å². The summed E-state index contributed by atoms with van der Waals surface area (Å²) in [7, 11) is 0. The summed E-state index contributed by atoms with van der Waals surface area (Å²) in [5.41, 5.74) is 1.52. The van der Waals surface area contributed by atoms with Crippen molar-refractivity contribution in [1.82, 2.24) is 0 Å². The molecule has 0 unspecified atom stereocenters. The molecule has 0 aliphatic carbocycles. The maximum Gasteiger partial charge on any atom is 0.372 e. The van der Waals surface area contributed by atoms with Gasteiger partial charge in [0.2, 0.25) is 5.76 Å². The molecule has 1 aromatic carbocycles. The van der Waals surface area contributed by atoms with Crippen molar-refractivity contribution in [2.45, 2.75) is 6.92 Å². The van der Waals surface area contributed by atoms with Gasteiger partial charge in [0, 0.05) is 11.1 Å². The maximum atomic E-state index is 10.8. The van der Waals surface area contributed by atoms with Crippen LogP contribution in [0.5, 0.6) is 0 Å². The molecule has 0 radical (unpaired) electrons. The lowest BCUT2D eigenvalue weighted by atomic mass is 10.1. The zero-order chi connectivity index (χ0) is 10.8. The molecule has 76 valence electrons. The zero-order valence-electron chi connectivity index (χ0n) is 8.23. The van der Waals surface area contributed by atoms with Crippen LogP contribution in [0.1, 0.15) is 16.1 Å². The number of carboxylic acids is 1. The van der Waals surface area contributed by atoms with Crippen molar-refractivity contribution in [1.29, 1.82) is 0 Å². The van der Waals surface area contributed by atoms with Gasteiger partial charge in [-0.15, -0.1) is 0 Å². The van der Waals surface area contributed by atoms with Crippen LogP contribution in [0.15, 0.2) is 40.8 Å². The van der Waals surface area contributed by atoms with Gasteiger partial charge in [0.25, 0.3) is 0 Å². The van der Waals surface area contributed by atoms with Gasteiger partial charge in [-0.3, -0.25) is 0 Å². The Bertz CT molecular complexity index is 483. The fourth-order valence-corrected chi connectivity index (χ4v) is 1.44. The summed E-state index contributed by atoms with van der Waals surface area (Å²) >= 11 is 0. The number of furan rings is 1. The number of aromatic carboxylic acids is 1. The molecule has 0 bridgehead atoms. The first-order chi connectivity index (χ1) is 7.18. The molecule has 2 aromatic rings. The fraction of sp³-hybridized carbons (Fsp3) is 0.0833. The predicted octanol–water partition coefficient (Wildman–Crippen LogP) is 2.95. The SMILES string of the molecule is Cc1cc(-c2ccccc2)oc1C(=O)O. The van der Waals surface area contributed by atoms with Crippen LogP contribution in [-0.4, -0.2) is 11.1 Å². The Labute approximate surface area is 87.0 Å². The van der Waals surface area contributed by atoms with Gasteiger partial charge in [-0.1, -0.05) is 30.3 Å². The third-order valence-corrected chi connectivity index (χ3v) is 2.17. The minimum absolute atomic E-state index is 0.00820. The Morgan fingerprint density at radius 3 is 2.47 bits per heavy atom. The van der Waals surface area contributed by atoms with Crippen molar-refractivity contribution in [2.24, 2.45) is 0 Å². The Morgan fingerprint density at radius 1 is 1.27 bits per heavy atom. The standard InChI is InChI=1S/C12H10O3/c1-8-7-10(15-11(8)12(13)14)9-5-3-2-4-6-9/h2-7H,1H3,(H,13,14). The Kier molecular flexibility index (Phi) is 2.29. The molecule has 0 atom stereocenters. The number of aryl methyl sites for hydroxylation is 1. The molecule has 1 N–H and O–H groups in total. The van der Waals surface area contributed by atoms with Crippen molar-refractivity contribution in [2.75, 3.05) is 0 Å². The van der Waals surface area contributed by atoms with Crippen molar-refractivity contribution in [3.63, 3.8) is 0 Å². The van der Waals surface area contributed by atoms with E-state index in [1.54, 1.807) is 13.0 Å². The molecule has 0 aliphatic heterocycles. The first kappa shape index (κ1) is 9.52. The van der Waals surface area contributed by atoms with Crippen LogP contribution in [0, 0.1) is 6.92 Å². The van der Waals surface area contributed by atoms with Crippen LogP contribution in [0.25, 0.3) is 11.3 Å². The van der Waals surface area contributed by atoms with Gasteiger partial charge in [0.05, 0.1) is 0 Å². The average molecular weight is 202 g/mol. The lowest BCUT2D eigenvalue weighted by molar-refractivity contribution is 0.0662. The second kappa shape index (κ2) is 3.61. The van der Waals surface area contributed by atoms with Gasteiger partial charge >= 0.3 is 5.97 Å². The summed E-state index contributed by atoms with van der Waals surface area (Å²) in [4.78, 5) is 10.8. The fourth-order valence-electron chi connectivity index (χ4n) is 1.44. The van der Waals surface area contributed by atoms with Gasteiger partial charge in [0.1, 0.15) is 5.76 Å². The van der Waals surface area contributed by atoms with E-state index in [0.29, 0.717) is 11.3 Å².